The zero-order chi connectivity index (χ0) is 103. The highest BCUT2D eigenvalue weighted by atomic mass is 35.5. The second-order valence-corrected chi connectivity index (χ2v) is 43.0. The topological polar surface area (TPSA) is 320 Å². The van der Waals surface area contributed by atoms with E-state index < -0.39 is 65.4 Å². The average Bonchev–Trinajstić information content (AvgIpc) is 1.56. The smallest absolute Gasteiger partial charge is 0.345 e. The Morgan fingerprint density at radius 3 is 1.43 bits per heavy atom. The van der Waals surface area contributed by atoms with E-state index in [0.29, 0.717) is 216 Å². The number of rotatable bonds is 25. The normalized spacial score (nSPS) is 23.5. The minimum atomic E-state index is -1.66. The Labute approximate surface area is 881 Å². The molecule has 0 radical (unpaired) electrons. The predicted molar refractivity (Wildman–Crippen MR) is 551 cm³/mol. The highest BCUT2D eigenvalue weighted by Crippen LogP contribution is 2.57. The van der Waals surface area contributed by atoms with Crippen LogP contribution in [0.4, 0.5) is 17.6 Å². The molecule has 14 heterocycles. The van der Waals surface area contributed by atoms with Crippen LogP contribution >= 0.6 is 69.1 Å². The van der Waals surface area contributed by atoms with Gasteiger partial charge in [0, 0.05) is 134 Å². The van der Waals surface area contributed by atoms with Crippen molar-refractivity contribution in [1.82, 2.24) is 59.5 Å². The van der Waals surface area contributed by atoms with Gasteiger partial charge in [0.2, 0.25) is 24.0 Å². The molecule has 40 heteroatoms. The molecule has 10 aliphatic rings. The molecule has 0 amide bonds. The lowest BCUT2D eigenvalue weighted by atomic mass is 9.80. The van der Waals surface area contributed by atoms with Crippen LogP contribution in [0.25, 0.3) is 63.6 Å². The number of fused-ring (bicyclic) bond motifs is 14. The molecule has 6 fully saturated rings. The van der Waals surface area contributed by atoms with Crippen LogP contribution in [-0.2, 0) is 64.1 Å². The van der Waals surface area contributed by atoms with Gasteiger partial charge in [-0.05, 0) is 210 Å². The number of nitrogens with zero attached hydrogens (tertiary/aromatic N) is 12. The molecule has 8 bridgehead atoms. The third-order valence-electron chi connectivity index (χ3n) is 29.1. The van der Waals surface area contributed by atoms with Crippen molar-refractivity contribution in [2.45, 2.75) is 171 Å². The summed E-state index contributed by atoms with van der Waals surface area (Å²) in [5, 5.41) is 24.3. The Morgan fingerprint density at radius 2 is 0.959 bits per heavy atom. The minimum Gasteiger partial charge on any atom is -0.490 e. The second-order valence-electron chi connectivity index (χ2n) is 39.5. The number of carboxylic acids is 2. The Hall–Kier alpha value is -10.6. The van der Waals surface area contributed by atoms with Crippen molar-refractivity contribution in [3.63, 3.8) is 0 Å². The molecule has 148 heavy (non-hydrogen) atoms. The van der Waals surface area contributed by atoms with Crippen LogP contribution in [0, 0.1) is 39.3 Å². The lowest BCUT2D eigenvalue weighted by Gasteiger charge is -2.42. The van der Waals surface area contributed by atoms with E-state index in [2.05, 4.69) is 41.6 Å². The first-order chi connectivity index (χ1) is 71.6. The third-order valence-corrected chi connectivity index (χ3v) is 33.2. The molecule has 2 N–H and O–H groups in total. The number of halogens is 8. The van der Waals surface area contributed by atoms with Crippen molar-refractivity contribution >= 4 is 101 Å². The zero-order valence-electron chi connectivity index (χ0n) is 82.6. The van der Waals surface area contributed by atoms with Crippen molar-refractivity contribution in [1.29, 1.82) is 0 Å². The van der Waals surface area contributed by atoms with Gasteiger partial charge >= 0.3 is 11.9 Å². The summed E-state index contributed by atoms with van der Waals surface area (Å²) in [6.45, 7) is 14.8. The predicted octanol–water partition coefficient (Wildman–Crippen LogP) is 19.5. The molecule has 1 unspecified atom stereocenters. The van der Waals surface area contributed by atoms with Gasteiger partial charge in [0.15, 0.2) is 11.5 Å². The van der Waals surface area contributed by atoms with E-state index in [1.807, 2.05) is 40.8 Å². The summed E-state index contributed by atoms with van der Waals surface area (Å²) < 4.78 is 155. The Morgan fingerprint density at radius 1 is 0.500 bits per heavy atom. The number of ether oxygens (including phenoxy) is 14. The van der Waals surface area contributed by atoms with Crippen LogP contribution in [0.15, 0.2) is 116 Å². The van der Waals surface area contributed by atoms with E-state index >= 15 is 17.6 Å². The number of hydrogen-bond acceptors (Lipinski definition) is 30. The van der Waals surface area contributed by atoms with Crippen molar-refractivity contribution in [3.05, 3.63) is 210 Å². The van der Waals surface area contributed by atoms with Gasteiger partial charge in [0.05, 0.1) is 114 Å². The van der Waals surface area contributed by atoms with E-state index in [4.69, 9.17) is 138 Å². The van der Waals surface area contributed by atoms with Crippen molar-refractivity contribution < 1.29 is 104 Å². The van der Waals surface area contributed by atoms with E-state index in [1.54, 1.807) is 79.1 Å². The number of aliphatic carboxylic acids is 2. The van der Waals surface area contributed by atoms with Gasteiger partial charge < -0.3 is 86.3 Å². The van der Waals surface area contributed by atoms with Gasteiger partial charge in [-0.1, -0.05) is 64.6 Å². The Kier molecular flexibility index (Phi) is 32.4. The third kappa shape index (κ3) is 23.4. The fourth-order valence-corrected chi connectivity index (χ4v) is 24.3. The van der Waals surface area contributed by atoms with Crippen molar-refractivity contribution in [2.75, 3.05) is 152 Å². The molecule has 2 saturated carbocycles. The SMILES string of the molecule is Cc1c(Cl)c2c(Cl)c(C)c1-c1c(-c3ccc(F)c(C4CN(C)CCN4C[C@@H]4COc5ccc(OCc6ccnc(C7CCC(F)(COC[C@@H]8COCCO8)CC7)n6)c(c5)C[C@H](C(=O)O)Oc5ncnc6sc(-c7ccc(F)cc7)c(c56)-c5c(C)c(Cl)c(c(Cl)c5C)O4)c3)sc3ncnc(c13)O[C@@H](C(=O)O)Cc1cc(ccc1OCc1ccnc(C3CCC(F)(COC[C@H]4COCCO4)CC3)n1)OC[C@@H](CN1CCN(C)CC1)O2. The van der Waals surface area contributed by atoms with E-state index in [-0.39, 0.29) is 189 Å². The maximum atomic E-state index is 18.2. The van der Waals surface area contributed by atoms with Crippen LogP contribution in [0.3, 0.4) is 0 Å². The number of carbonyl (C=O) groups is 2. The molecule has 4 saturated heterocycles. The summed E-state index contributed by atoms with van der Waals surface area (Å²) in [5.41, 5.74) is 4.14. The van der Waals surface area contributed by atoms with Gasteiger partial charge in [-0.3, -0.25) is 9.80 Å². The summed E-state index contributed by atoms with van der Waals surface area (Å²) in [4.78, 5) is 77.3. The van der Waals surface area contributed by atoms with Crippen LogP contribution in [0.2, 0.25) is 20.1 Å². The van der Waals surface area contributed by atoms with Gasteiger partial charge in [-0.2, -0.15) is 0 Å². The van der Waals surface area contributed by atoms with Crippen LogP contribution in [-0.4, -0.2) is 282 Å². The van der Waals surface area contributed by atoms with Gasteiger partial charge in [0.25, 0.3) is 0 Å². The van der Waals surface area contributed by atoms with Gasteiger partial charge in [-0.25, -0.2) is 67.0 Å². The lowest BCUT2D eigenvalue weighted by molar-refractivity contribution is -0.145. The highest BCUT2D eigenvalue weighted by Gasteiger charge is 2.43. The summed E-state index contributed by atoms with van der Waals surface area (Å²) in [7, 11) is 4.04. The van der Waals surface area contributed by atoms with Crippen LogP contribution in [0.5, 0.6) is 46.3 Å². The fourth-order valence-electron chi connectivity index (χ4n) is 21.0. The Bertz CT molecular complexity index is 6800. The first kappa shape index (κ1) is 104. The molecule has 8 aliphatic heterocycles. The number of piperazine rings is 2. The number of thiophene rings is 2. The average molecular weight is 2150 g/mol. The van der Waals surface area contributed by atoms with Gasteiger partial charge in [0.1, 0.15) is 131 Å². The molecule has 30 nitrogen and oxygen atoms in total. The molecule has 7 atom stereocenters. The molecule has 782 valence electrons. The molecule has 0 spiro atoms. The zero-order valence-corrected chi connectivity index (χ0v) is 87.3. The van der Waals surface area contributed by atoms with Crippen LogP contribution < -0.4 is 37.9 Å². The standard InChI is InChI=1S/C108H114Cl4F4N12O18S2/c1-59-85-60(2)94(112)96(93(59)111)144-75(54-140-73-13-16-82(142-48-71-22-28-118-100(124-71)65-19-25-108(116,26-20-65)56-136-52-77-50-134-36-38-138-77)68(40-73)43-83(105(129)130)145-101-89-87(85)97(147-103(89)121-57-119-101)63-7-10-69(113)11-8-63)45-128-34-31-126(6)46-80(128)78-41-66(9-14-79(78)114)98-88-86-61(3)91(109)95(92(110)62(86)4)143-74(44-127-32-29-125(5)30-33-127)53-139-72-12-15-81(67(39-72)42-84(106(131)132)146-102-90(88)104(148-98)122-58-120-102)141-47-70-21-27-117-99(123-70)64-17-23-107(115,24-18-64)55-135-51-76-49-133-35-37-137-76/h7-16,21-22,27-28,39-41,57-58,64-65,74-77,80,83-84H,17-20,23-26,29-38,42-56H2,1-6H3,(H,129,130)(H,131,132)/t64?,65?,74-,75-,76-,77+,80?,83-,84-,107?,108?/m1/s1. The van der Waals surface area contributed by atoms with E-state index in [1.165, 1.54) is 53.5 Å². The monoisotopic (exact) mass is 2150 g/mol. The first-order valence-corrected chi connectivity index (χ1v) is 53.1. The number of aromatic nitrogens is 8. The fraction of sp³-hybridized carbons (Fsp3) is 0.463. The summed E-state index contributed by atoms with van der Waals surface area (Å²) in [6, 6.07) is 23.8. The summed E-state index contributed by atoms with van der Waals surface area (Å²) in [5.74, 6) is -1.57. The summed E-state index contributed by atoms with van der Waals surface area (Å²) >= 11 is 33.6. The maximum Gasteiger partial charge on any atom is 0.345 e. The molecule has 6 aromatic heterocycles. The molecule has 2 aliphatic carbocycles. The number of likely N-dealkylation sites (N-methyl/N-ethyl adjacent to an activating group) is 2. The second kappa shape index (κ2) is 45.9. The van der Waals surface area contributed by atoms with Crippen molar-refractivity contribution in [2.24, 2.45) is 0 Å². The quantitative estimate of drug-likeness (QED) is 0.0502. The molecular formula is C108H114Cl4F4N12O18S2. The number of benzene rings is 6. The largest absolute Gasteiger partial charge is 0.490 e. The molecule has 22 rings (SSSR count). The Balaban J connectivity index is 0.636. The van der Waals surface area contributed by atoms with E-state index in [0.717, 1.165) is 26.2 Å². The summed E-state index contributed by atoms with van der Waals surface area (Å²) in [6.07, 6.45) is 2.75. The number of hydrogen-bond donors (Lipinski definition) is 2. The maximum absolute atomic E-state index is 18.2. The molecule has 12 aromatic rings. The highest BCUT2D eigenvalue weighted by molar-refractivity contribution is 7.23. The van der Waals surface area contributed by atoms with Crippen LogP contribution in [0.1, 0.15) is 131 Å². The molecular weight excluding hydrogens is 2040 g/mol. The van der Waals surface area contributed by atoms with Crippen molar-refractivity contribution in [3.8, 4) is 89.4 Å². The van der Waals surface area contributed by atoms with E-state index in [9.17, 15) is 19.8 Å². The minimum absolute atomic E-state index is 0.0103. The molecule has 6 aromatic carbocycles. The number of carboxylic acid groups (broad SMARTS) is 2. The lowest BCUT2D eigenvalue weighted by Crippen LogP contribution is -2.51. The van der Waals surface area contributed by atoms with Gasteiger partial charge in [-0.15, -0.1) is 22.7 Å². The first-order valence-electron chi connectivity index (χ1n) is 49.9. The number of alkyl halides is 2.